The first-order valence-electron chi connectivity index (χ1n) is 8.56. The number of rotatable bonds is 7. The van der Waals surface area contributed by atoms with Crippen molar-refractivity contribution in [1.82, 2.24) is 15.5 Å². The quantitative estimate of drug-likeness (QED) is 0.358. The highest BCUT2D eigenvalue weighted by Crippen LogP contribution is 2.20. The van der Waals surface area contributed by atoms with Gasteiger partial charge in [0.1, 0.15) is 5.82 Å². The second kappa shape index (κ2) is 11.7. The number of aliphatic imine (C=N–C) groups is 1. The smallest absolute Gasteiger partial charge is 0.191 e. The maximum atomic E-state index is 13.9. The minimum atomic E-state index is -0.173. The third-order valence-corrected chi connectivity index (χ3v) is 3.99. The number of ether oxygens (including phenoxy) is 1. The van der Waals surface area contributed by atoms with Crippen LogP contribution in [0.5, 0.6) is 0 Å². The fourth-order valence-electron chi connectivity index (χ4n) is 2.54. The Morgan fingerprint density at radius 1 is 1.27 bits per heavy atom. The van der Waals surface area contributed by atoms with E-state index in [-0.39, 0.29) is 41.3 Å². The van der Waals surface area contributed by atoms with Gasteiger partial charge in [-0.05, 0) is 37.2 Å². The van der Waals surface area contributed by atoms with E-state index in [1.807, 2.05) is 25.1 Å². The third kappa shape index (κ3) is 8.64. The molecule has 1 atom stereocenters. The summed E-state index contributed by atoms with van der Waals surface area (Å²) in [7, 11) is 7.31. The van der Waals surface area contributed by atoms with Gasteiger partial charge in [0.05, 0.1) is 6.10 Å². The number of benzene rings is 1. The number of nitrogens with one attached hydrogen (secondary N) is 2. The van der Waals surface area contributed by atoms with Gasteiger partial charge in [0.25, 0.3) is 0 Å². The number of hydrogen-bond acceptors (Lipinski definition) is 3. The summed E-state index contributed by atoms with van der Waals surface area (Å²) in [4.78, 5) is 6.19. The molecule has 0 aliphatic carbocycles. The summed E-state index contributed by atoms with van der Waals surface area (Å²) >= 11 is 0. The average Bonchev–Trinajstić information content (AvgIpc) is 2.52. The molecule has 0 radical (unpaired) electrons. The Morgan fingerprint density at radius 3 is 2.42 bits per heavy atom. The van der Waals surface area contributed by atoms with Crippen molar-refractivity contribution in [1.29, 1.82) is 0 Å². The van der Waals surface area contributed by atoms with Gasteiger partial charge < -0.3 is 20.3 Å². The lowest BCUT2D eigenvalue weighted by Gasteiger charge is -2.30. The van der Waals surface area contributed by atoms with Crippen LogP contribution >= 0.6 is 24.0 Å². The molecule has 0 bridgehead atoms. The van der Waals surface area contributed by atoms with Crippen LogP contribution in [-0.4, -0.2) is 51.8 Å². The van der Waals surface area contributed by atoms with Gasteiger partial charge in [0.15, 0.2) is 5.96 Å². The fourth-order valence-corrected chi connectivity index (χ4v) is 2.54. The summed E-state index contributed by atoms with van der Waals surface area (Å²) in [6.07, 6.45) is 0.0727. The largest absolute Gasteiger partial charge is 0.379 e. The van der Waals surface area contributed by atoms with Crippen LogP contribution in [0, 0.1) is 11.2 Å². The van der Waals surface area contributed by atoms with Crippen molar-refractivity contribution in [2.24, 2.45) is 10.4 Å². The van der Waals surface area contributed by atoms with E-state index in [1.165, 1.54) is 6.07 Å². The molecule has 1 aromatic carbocycles. The van der Waals surface area contributed by atoms with Gasteiger partial charge in [-0.3, -0.25) is 4.99 Å². The predicted octanol–water partition coefficient (Wildman–Crippen LogP) is 3.23. The summed E-state index contributed by atoms with van der Waals surface area (Å²) in [5.74, 6) is 0.526. The van der Waals surface area contributed by atoms with Crippen LogP contribution < -0.4 is 10.6 Å². The molecule has 1 aromatic rings. The first kappa shape index (κ1) is 25.1. The van der Waals surface area contributed by atoms with Gasteiger partial charge in [-0.1, -0.05) is 26.8 Å². The van der Waals surface area contributed by atoms with Gasteiger partial charge in [0, 0.05) is 39.4 Å². The summed E-state index contributed by atoms with van der Waals surface area (Å²) < 4.78 is 19.4. The molecule has 0 aliphatic rings. The van der Waals surface area contributed by atoms with Crippen molar-refractivity contribution in [3.63, 3.8) is 0 Å². The minimum Gasteiger partial charge on any atom is -0.379 e. The maximum Gasteiger partial charge on any atom is 0.191 e. The molecule has 0 heterocycles. The topological polar surface area (TPSA) is 48.9 Å². The molecule has 150 valence electrons. The maximum absolute atomic E-state index is 13.9. The van der Waals surface area contributed by atoms with E-state index in [1.54, 1.807) is 20.2 Å². The van der Waals surface area contributed by atoms with E-state index >= 15 is 0 Å². The minimum absolute atomic E-state index is 0. The number of methoxy groups -OCH3 is 1. The summed E-state index contributed by atoms with van der Waals surface area (Å²) in [5, 5.41) is 6.55. The van der Waals surface area contributed by atoms with Crippen molar-refractivity contribution in [2.45, 2.75) is 40.0 Å². The molecule has 5 nitrogen and oxygen atoms in total. The lowest BCUT2D eigenvalue weighted by molar-refractivity contribution is 0.0205. The monoisotopic (exact) mass is 480 g/mol. The SMILES string of the molecule is CN=C(NCc1ccc(F)c(CN(C)C)c1)NCC(OC)C(C)(C)C.I. The van der Waals surface area contributed by atoms with E-state index in [2.05, 4.69) is 36.4 Å². The van der Waals surface area contributed by atoms with Crippen LogP contribution in [0.3, 0.4) is 0 Å². The zero-order chi connectivity index (χ0) is 19.0. The van der Waals surface area contributed by atoms with Crippen molar-refractivity contribution in [3.8, 4) is 0 Å². The number of hydrogen-bond donors (Lipinski definition) is 2. The highest BCUT2D eigenvalue weighted by atomic mass is 127. The molecule has 26 heavy (non-hydrogen) atoms. The first-order chi connectivity index (χ1) is 11.7. The van der Waals surface area contributed by atoms with E-state index < -0.39 is 0 Å². The molecule has 7 heteroatoms. The Bertz CT molecular complexity index is 573. The molecule has 0 saturated carbocycles. The normalized spacial score (nSPS) is 13.3. The van der Waals surface area contributed by atoms with Crippen molar-refractivity contribution in [3.05, 3.63) is 35.1 Å². The molecule has 0 fully saturated rings. The Morgan fingerprint density at radius 2 is 1.92 bits per heavy atom. The summed E-state index contributed by atoms with van der Waals surface area (Å²) in [6, 6.07) is 5.21. The first-order valence-corrected chi connectivity index (χ1v) is 8.56. The second-order valence-electron chi connectivity index (χ2n) is 7.56. The van der Waals surface area contributed by atoms with Gasteiger partial charge >= 0.3 is 0 Å². The van der Waals surface area contributed by atoms with Crippen LogP contribution in [0.1, 0.15) is 31.9 Å². The van der Waals surface area contributed by atoms with Crippen LogP contribution in [0.4, 0.5) is 4.39 Å². The molecule has 0 saturated heterocycles. The number of halogens is 2. The van der Waals surface area contributed by atoms with Gasteiger partial charge in [-0.2, -0.15) is 0 Å². The molecule has 0 spiro atoms. The van der Waals surface area contributed by atoms with Crippen LogP contribution in [-0.2, 0) is 17.8 Å². The Hall–Kier alpha value is -0.930. The standard InChI is InChI=1S/C19H33FN4O.HI/c1-19(2,3)17(25-7)12-23-18(21-4)22-11-14-8-9-16(20)15(10-14)13-24(5)6;/h8-10,17H,11-13H2,1-7H3,(H2,21,22,23);1H. The summed E-state index contributed by atoms with van der Waals surface area (Å²) in [6.45, 7) is 8.24. The zero-order valence-corrected chi connectivity index (χ0v) is 19.3. The van der Waals surface area contributed by atoms with E-state index in [4.69, 9.17) is 4.74 Å². The Labute approximate surface area is 174 Å². The van der Waals surface area contributed by atoms with Gasteiger partial charge in [-0.25, -0.2) is 4.39 Å². The fraction of sp³-hybridized carbons (Fsp3) is 0.632. The van der Waals surface area contributed by atoms with Crippen LogP contribution in [0.2, 0.25) is 0 Å². The Kier molecular flexibility index (Phi) is 11.3. The van der Waals surface area contributed by atoms with Crippen LogP contribution in [0.25, 0.3) is 0 Å². The molecule has 1 unspecified atom stereocenters. The van der Waals surface area contributed by atoms with E-state index in [9.17, 15) is 4.39 Å². The second-order valence-corrected chi connectivity index (χ2v) is 7.56. The number of guanidine groups is 1. The highest BCUT2D eigenvalue weighted by molar-refractivity contribution is 14.0. The lowest BCUT2D eigenvalue weighted by Crippen LogP contribution is -2.45. The Balaban J connectivity index is 0.00000625. The average molecular weight is 480 g/mol. The van der Waals surface area contributed by atoms with E-state index in [0.29, 0.717) is 31.2 Å². The molecule has 1 rings (SSSR count). The van der Waals surface area contributed by atoms with Crippen molar-refractivity contribution < 1.29 is 9.13 Å². The number of nitrogens with zero attached hydrogens (tertiary/aromatic N) is 2. The van der Waals surface area contributed by atoms with E-state index in [0.717, 1.165) is 5.56 Å². The third-order valence-electron chi connectivity index (χ3n) is 3.99. The predicted molar refractivity (Wildman–Crippen MR) is 118 cm³/mol. The molecule has 0 aromatic heterocycles. The van der Waals surface area contributed by atoms with Crippen molar-refractivity contribution in [2.75, 3.05) is 34.8 Å². The summed E-state index contributed by atoms with van der Waals surface area (Å²) in [5.41, 5.74) is 1.75. The van der Waals surface area contributed by atoms with Gasteiger partial charge in [0.2, 0.25) is 0 Å². The van der Waals surface area contributed by atoms with Gasteiger partial charge in [-0.15, -0.1) is 24.0 Å². The van der Waals surface area contributed by atoms with Crippen molar-refractivity contribution >= 4 is 29.9 Å². The molecule has 0 aliphatic heterocycles. The molecule has 2 N–H and O–H groups in total. The lowest BCUT2D eigenvalue weighted by atomic mass is 9.89. The highest BCUT2D eigenvalue weighted by Gasteiger charge is 2.24. The van der Waals surface area contributed by atoms with Crippen LogP contribution in [0.15, 0.2) is 23.2 Å². The molecular formula is C19H34FIN4O. The zero-order valence-electron chi connectivity index (χ0n) is 17.0. The molecular weight excluding hydrogens is 446 g/mol. The molecule has 0 amide bonds.